The monoisotopic (exact) mass is 278 g/mol. The van der Waals surface area contributed by atoms with Gasteiger partial charge < -0.3 is 10.2 Å². The first-order valence-electron chi connectivity index (χ1n) is 7.63. The third-order valence-corrected chi connectivity index (χ3v) is 3.98. The molecule has 1 aliphatic rings. The van der Waals surface area contributed by atoms with Crippen molar-refractivity contribution in [3.63, 3.8) is 0 Å². The van der Waals surface area contributed by atoms with E-state index in [2.05, 4.69) is 71.0 Å². The topological polar surface area (TPSA) is 15.3 Å². The first kappa shape index (κ1) is 13.9. The third kappa shape index (κ3) is 3.17. The number of benzene rings is 2. The molecular formula is C19H22N2. The molecule has 0 unspecified atom stereocenters. The second kappa shape index (κ2) is 6.59. The van der Waals surface area contributed by atoms with Crippen LogP contribution in [0.2, 0.25) is 0 Å². The average molecular weight is 278 g/mol. The van der Waals surface area contributed by atoms with Crippen molar-refractivity contribution >= 4 is 16.3 Å². The van der Waals surface area contributed by atoms with Crippen molar-refractivity contribution in [2.45, 2.75) is 6.42 Å². The molecule has 0 amide bonds. The van der Waals surface area contributed by atoms with Gasteiger partial charge in [0.25, 0.3) is 0 Å². The third-order valence-electron chi connectivity index (χ3n) is 3.98. The molecule has 2 aromatic carbocycles. The highest BCUT2D eigenvalue weighted by atomic mass is 15.1. The number of rotatable bonds is 5. The lowest BCUT2D eigenvalue weighted by Crippen LogP contribution is -2.23. The summed E-state index contributed by atoms with van der Waals surface area (Å²) in [7, 11) is 2.00. The summed E-state index contributed by atoms with van der Waals surface area (Å²) < 4.78 is 0. The van der Waals surface area contributed by atoms with Crippen LogP contribution in [0.4, 0.5) is 0 Å². The van der Waals surface area contributed by atoms with E-state index in [1.54, 1.807) is 0 Å². The van der Waals surface area contributed by atoms with E-state index in [0.29, 0.717) is 0 Å². The molecule has 108 valence electrons. The summed E-state index contributed by atoms with van der Waals surface area (Å²) in [6.45, 7) is 3.18. The SMILES string of the molecule is CNCCCN1C=CC(c2cccc3ccccc23)=CC1. The minimum absolute atomic E-state index is 0.999. The van der Waals surface area contributed by atoms with Gasteiger partial charge in [0.1, 0.15) is 0 Å². The van der Waals surface area contributed by atoms with Crippen LogP contribution in [0.1, 0.15) is 12.0 Å². The van der Waals surface area contributed by atoms with Crippen LogP contribution in [0.3, 0.4) is 0 Å². The van der Waals surface area contributed by atoms with Crippen molar-refractivity contribution in [1.82, 2.24) is 10.2 Å². The van der Waals surface area contributed by atoms with Crippen LogP contribution in [0.5, 0.6) is 0 Å². The fraction of sp³-hybridized carbons (Fsp3) is 0.263. The van der Waals surface area contributed by atoms with Gasteiger partial charge in [-0.05, 0) is 54.2 Å². The van der Waals surface area contributed by atoms with Crippen molar-refractivity contribution in [3.8, 4) is 0 Å². The van der Waals surface area contributed by atoms with Gasteiger partial charge in [-0.15, -0.1) is 0 Å². The zero-order chi connectivity index (χ0) is 14.5. The van der Waals surface area contributed by atoms with Gasteiger partial charge in [0.2, 0.25) is 0 Å². The molecule has 2 aromatic rings. The molecule has 2 nitrogen and oxygen atoms in total. The van der Waals surface area contributed by atoms with Crippen LogP contribution in [0.15, 0.2) is 60.8 Å². The molecule has 0 atom stereocenters. The van der Waals surface area contributed by atoms with Gasteiger partial charge in [0.05, 0.1) is 0 Å². The molecule has 0 bridgehead atoms. The maximum Gasteiger partial charge on any atom is 0.0363 e. The van der Waals surface area contributed by atoms with Crippen molar-refractivity contribution in [2.24, 2.45) is 0 Å². The van der Waals surface area contributed by atoms with E-state index in [9.17, 15) is 0 Å². The van der Waals surface area contributed by atoms with E-state index in [1.807, 2.05) is 7.05 Å². The maximum atomic E-state index is 3.20. The van der Waals surface area contributed by atoms with Crippen LogP contribution in [-0.4, -0.2) is 31.6 Å². The Morgan fingerprint density at radius 3 is 2.76 bits per heavy atom. The number of fused-ring (bicyclic) bond motifs is 1. The van der Waals surface area contributed by atoms with Crippen LogP contribution in [-0.2, 0) is 0 Å². The number of hydrogen-bond acceptors (Lipinski definition) is 2. The summed E-state index contributed by atoms with van der Waals surface area (Å²) in [6.07, 6.45) is 7.98. The van der Waals surface area contributed by atoms with Crippen LogP contribution in [0.25, 0.3) is 16.3 Å². The van der Waals surface area contributed by atoms with Crippen molar-refractivity contribution in [2.75, 3.05) is 26.7 Å². The lowest BCUT2D eigenvalue weighted by Gasteiger charge is -2.23. The molecule has 0 spiro atoms. The Kier molecular flexibility index (Phi) is 4.37. The number of nitrogens with one attached hydrogen (secondary N) is 1. The van der Waals surface area contributed by atoms with E-state index in [-0.39, 0.29) is 0 Å². The van der Waals surface area contributed by atoms with Crippen molar-refractivity contribution < 1.29 is 0 Å². The Morgan fingerprint density at radius 1 is 1.10 bits per heavy atom. The Bertz CT molecular complexity index is 665. The molecular weight excluding hydrogens is 256 g/mol. The van der Waals surface area contributed by atoms with Gasteiger partial charge in [-0.3, -0.25) is 0 Å². The molecule has 0 radical (unpaired) electrons. The van der Waals surface area contributed by atoms with E-state index in [1.165, 1.54) is 28.3 Å². The van der Waals surface area contributed by atoms with Gasteiger partial charge in [-0.2, -0.15) is 0 Å². The number of hydrogen-bond donors (Lipinski definition) is 1. The highest BCUT2D eigenvalue weighted by molar-refractivity contribution is 5.96. The molecule has 0 aliphatic carbocycles. The van der Waals surface area contributed by atoms with Crippen LogP contribution >= 0.6 is 0 Å². The second-order valence-electron chi connectivity index (χ2n) is 5.45. The van der Waals surface area contributed by atoms with Crippen molar-refractivity contribution in [3.05, 3.63) is 66.4 Å². The van der Waals surface area contributed by atoms with Gasteiger partial charge in [-0.1, -0.05) is 48.5 Å². The molecule has 3 rings (SSSR count). The molecule has 0 aromatic heterocycles. The number of allylic oxidation sites excluding steroid dienone is 2. The molecule has 21 heavy (non-hydrogen) atoms. The van der Waals surface area contributed by atoms with Gasteiger partial charge >= 0.3 is 0 Å². The summed E-state index contributed by atoms with van der Waals surface area (Å²) in [5.74, 6) is 0. The largest absolute Gasteiger partial charge is 0.374 e. The lowest BCUT2D eigenvalue weighted by molar-refractivity contribution is 0.401. The number of nitrogens with zero attached hydrogens (tertiary/aromatic N) is 1. The van der Waals surface area contributed by atoms with E-state index in [4.69, 9.17) is 0 Å². The smallest absolute Gasteiger partial charge is 0.0363 e. The normalized spacial score (nSPS) is 14.5. The predicted octanol–water partition coefficient (Wildman–Crippen LogP) is 3.66. The highest BCUT2D eigenvalue weighted by Crippen LogP contribution is 2.27. The van der Waals surface area contributed by atoms with Gasteiger partial charge in [0, 0.05) is 13.1 Å². The fourth-order valence-corrected chi connectivity index (χ4v) is 2.83. The summed E-state index contributed by atoms with van der Waals surface area (Å²) in [6, 6.07) is 15.1. The molecule has 0 saturated carbocycles. The molecule has 1 aliphatic heterocycles. The maximum absolute atomic E-state index is 3.20. The van der Waals surface area contributed by atoms with E-state index < -0.39 is 0 Å². The van der Waals surface area contributed by atoms with Gasteiger partial charge in [-0.25, -0.2) is 0 Å². The summed E-state index contributed by atoms with van der Waals surface area (Å²) in [5, 5.41) is 5.84. The summed E-state index contributed by atoms with van der Waals surface area (Å²) in [4.78, 5) is 2.37. The van der Waals surface area contributed by atoms with Crippen LogP contribution < -0.4 is 5.32 Å². The lowest BCUT2D eigenvalue weighted by atomic mass is 9.97. The van der Waals surface area contributed by atoms with Crippen molar-refractivity contribution in [1.29, 1.82) is 0 Å². The quantitative estimate of drug-likeness (QED) is 0.840. The molecule has 1 heterocycles. The van der Waals surface area contributed by atoms with E-state index in [0.717, 1.165) is 19.6 Å². The molecule has 0 fully saturated rings. The standard InChI is InChI=1S/C19H22N2/c1-20-12-5-13-21-14-10-17(11-15-21)19-9-4-7-16-6-2-3-8-18(16)19/h2-4,6-11,14,20H,5,12-13,15H2,1H3. The first-order chi connectivity index (χ1) is 10.4. The summed E-state index contributed by atoms with van der Waals surface area (Å²) >= 11 is 0. The molecule has 2 heteroatoms. The zero-order valence-corrected chi connectivity index (χ0v) is 12.5. The second-order valence-corrected chi connectivity index (χ2v) is 5.45. The van der Waals surface area contributed by atoms with E-state index >= 15 is 0 Å². The molecule has 0 saturated heterocycles. The summed E-state index contributed by atoms with van der Waals surface area (Å²) in [5.41, 5.74) is 2.66. The minimum Gasteiger partial charge on any atom is -0.374 e. The Labute approximate surface area is 126 Å². The first-order valence-corrected chi connectivity index (χ1v) is 7.63. The highest BCUT2D eigenvalue weighted by Gasteiger charge is 2.08. The van der Waals surface area contributed by atoms with Gasteiger partial charge in [0.15, 0.2) is 0 Å². The Hall–Kier alpha value is -2.06. The molecule has 1 N–H and O–H groups in total. The fourth-order valence-electron chi connectivity index (χ4n) is 2.83. The Morgan fingerprint density at radius 2 is 1.95 bits per heavy atom. The average Bonchev–Trinajstić information content (AvgIpc) is 2.55. The Balaban J connectivity index is 1.78. The van der Waals surface area contributed by atoms with Crippen LogP contribution in [0, 0.1) is 0 Å². The predicted molar refractivity (Wildman–Crippen MR) is 91.2 cm³/mol. The zero-order valence-electron chi connectivity index (χ0n) is 12.5. The minimum atomic E-state index is 0.999.